The number of thioether (sulfide) groups is 1. The van der Waals surface area contributed by atoms with E-state index in [1.165, 1.54) is 23.9 Å². The molecule has 0 fully saturated rings. The Morgan fingerprint density at radius 3 is 2.47 bits per heavy atom. The number of nitrogens with zero attached hydrogens (tertiary/aromatic N) is 3. The Balaban J connectivity index is 1.68. The molecule has 2 aromatic carbocycles. The van der Waals surface area contributed by atoms with Gasteiger partial charge in [0.2, 0.25) is 0 Å². The van der Waals surface area contributed by atoms with Crippen molar-refractivity contribution in [1.82, 2.24) is 14.8 Å². The fourth-order valence-electron chi connectivity index (χ4n) is 2.71. The molecule has 0 saturated carbocycles. The molecule has 3 rings (SSSR count). The number of benzene rings is 2. The van der Waals surface area contributed by atoms with Crippen molar-refractivity contribution in [2.45, 2.75) is 23.7 Å². The third kappa shape index (κ3) is 5.12. The van der Waals surface area contributed by atoms with Crippen molar-refractivity contribution in [1.29, 1.82) is 0 Å². The number of aryl methyl sites for hydroxylation is 1. The first-order valence-electron chi connectivity index (χ1n) is 8.79. The summed E-state index contributed by atoms with van der Waals surface area (Å²) in [4.78, 5) is 11.6. The highest BCUT2D eigenvalue weighted by molar-refractivity contribution is 7.98. The lowest BCUT2D eigenvalue weighted by Gasteiger charge is -2.09. The van der Waals surface area contributed by atoms with Crippen molar-refractivity contribution in [3.8, 4) is 17.1 Å². The monoisotopic (exact) mass is 437 g/mol. The lowest BCUT2D eigenvalue weighted by atomic mass is 10.1. The predicted molar refractivity (Wildman–Crippen MR) is 105 cm³/mol. The molecular weight excluding hydrogens is 419 g/mol. The zero-order valence-electron chi connectivity index (χ0n) is 16.1. The fraction of sp³-hybridized carbons (Fsp3) is 0.250. The molecule has 1 aromatic heterocycles. The standard InChI is InChI=1S/C20H18F3N3O3S/c1-12-9-15(7-8-16(12)29-10-18(27)28)30-11-17-24-25-19(26(17)2)13-3-5-14(6-4-13)20(21,22)23/h3-9H,10-11H2,1-2H3,(H,27,28). The number of hydrogen-bond acceptors (Lipinski definition) is 5. The Morgan fingerprint density at radius 2 is 1.87 bits per heavy atom. The number of carboxylic acids is 1. The number of carbonyl (C=O) groups is 1. The summed E-state index contributed by atoms with van der Waals surface area (Å²) >= 11 is 1.51. The molecule has 0 spiro atoms. The number of ether oxygens (including phenoxy) is 1. The molecule has 0 radical (unpaired) electrons. The molecule has 0 aliphatic heterocycles. The zero-order valence-corrected chi connectivity index (χ0v) is 16.9. The maximum absolute atomic E-state index is 12.7. The van der Waals surface area contributed by atoms with Gasteiger partial charge in [-0.2, -0.15) is 13.2 Å². The van der Waals surface area contributed by atoms with E-state index < -0.39 is 24.3 Å². The molecule has 0 aliphatic rings. The molecule has 3 aromatic rings. The second-order valence-electron chi connectivity index (χ2n) is 6.47. The van der Waals surface area contributed by atoms with Gasteiger partial charge in [0.05, 0.1) is 11.3 Å². The van der Waals surface area contributed by atoms with Crippen LogP contribution in [0.25, 0.3) is 11.4 Å². The maximum atomic E-state index is 12.7. The van der Waals surface area contributed by atoms with Gasteiger partial charge in [0, 0.05) is 17.5 Å². The van der Waals surface area contributed by atoms with E-state index in [1.807, 2.05) is 19.1 Å². The van der Waals surface area contributed by atoms with E-state index in [-0.39, 0.29) is 0 Å². The van der Waals surface area contributed by atoms with Crippen LogP contribution in [0.2, 0.25) is 0 Å². The third-order valence-corrected chi connectivity index (χ3v) is 5.29. The molecule has 0 unspecified atom stereocenters. The largest absolute Gasteiger partial charge is 0.482 e. The van der Waals surface area contributed by atoms with Crippen LogP contribution < -0.4 is 4.74 Å². The topological polar surface area (TPSA) is 77.2 Å². The van der Waals surface area contributed by atoms with Gasteiger partial charge in [-0.1, -0.05) is 12.1 Å². The van der Waals surface area contributed by atoms with E-state index >= 15 is 0 Å². The number of carboxylic acid groups (broad SMARTS) is 1. The molecule has 0 atom stereocenters. The molecule has 0 bridgehead atoms. The molecule has 0 amide bonds. The third-order valence-electron chi connectivity index (χ3n) is 4.30. The average Bonchev–Trinajstić information content (AvgIpc) is 3.05. The highest BCUT2D eigenvalue weighted by Gasteiger charge is 2.30. The van der Waals surface area contributed by atoms with Crippen LogP contribution in [0.3, 0.4) is 0 Å². The van der Waals surface area contributed by atoms with Gasteiger partial charge < -0.3 is 14.4 Å². The van der Waals surface area contributed by atoms with Crippen molar-refractivity contribution in [2.24, 2.45) is 7.05 Å². The van der Waals surface area contributed by atoms with Gasteiger partial charge in [-0.3, -0.25) is 0 Å². The highest BCUT2D eigenvalue weighted by atomic mass is 32.2. The average molecular weight is 437 g/mol. The molecule has 30 heavy (non-hydrogen) atoms. The summed E-state index contributed by atoms with van der Waals surface area (Å²) < 4.78 is 45.1. The van der Waals surface area contributed by atoms with Crippen molar-refractivity contribution in [3.63, 3.8) is 0 Å². The second kappa shape index (κ2) is 8.78. The maximum Gasteiger partial charge on any atom is 0.416 e. The summed E-state index contributed by atoms with van der Waals surface area (Å²) in [6.45, 7) is 1.42. The summed E-state index contributed by atoms with van der Waals surface area (Å²) in [7, 11) is 1.76. The van der Waals surface area contributed by atoms with Crippen molar-refractivity contribution < 1.29 is 27.8 Å². The molecule has 10 heteroatoms. The minimum Gasteiger partial charge on any atom is -0.482 e. The van der Waals surface area contributed by atoms with E-state index in [0.29, 0.717) is 28.7 Å². The van der Waals surface area contributed by atoms with Gasteiger partial charge in [0.1, 0.15) is 11.6 Å². The molecule has 0 aliphatic carbocycles. The van der Waals surface area contributed by atoms with Crippen molar-refractivity contribution in [2.75, 3.05) is 6.61 Å². The number of aliphatic carboxylic acids is 1. The Hall–Kier alpha value is -3.01. The SMILES string of the molecule is Cc1cc(SCc2nnc(-c3ccc(C(F)(F)F)cc3)n2C)ccc1OCC(=O)O. The van der Waals surface area contributed by atoms with Crippen LogP contribution in [0.5, 0.6) is 5.75 Å². The van der Waals surface area contributed by atoms with Crippen molar-refractivity contribution >= 4 is 17.7 Å². The van der Waals surface area contributed by atoms with Crippen LogP contribution in [0.1, 0.15) is 17.0 Å². The van der Waals surface area contributed by atoms with E-state index in [9.17, 15) is 18.0 Å². The van der Waals surface area contributed by atoms with E-state index in [1.54, 1.807) is 17.7 Å². The smallest absolute Gasteiger partial charge is 0.416 e. The van der Waals surface area contributed by atoms with Crippen LogP contribution in [0, 0.1) is 6.92 Å². The Bertz CT molecular complexity index is 1050. The molecule has 158 valence electrons. The molecular formula is C20H18F3N3O3S. The molecule has 6 nitrogen and oxygen atoms in total. The van der Waals surface area contributed by atoms with Gasteiger partial charge >= 0.3 is 12.1 Å². The number of alkyl halides is 3. The zero-order chi connectivity index (χ0) is 21.9. The van der Waals surface area contributed by atoms with Crippen LogP contribution in [-0.4, -0.2) is 32.4 Å². The molecule has 1 heterocycles. The molecule has 1 N–H and O–H groups in total. The second-order valence-corrected chi connectivity index (χ2v) is 7.52. The number of halogens is 3. The first-order chi connectivity index (χ1) is 14.1. The van der Waals surface area contributed by atoms with Crippen LogP contribution >= 0.6 is 11.8 Å². The summed E-state index contributed by atoms with van der Waals surface area (Å²) in [5.74, 6) is 1.11. The predicted octanol–water partition coefficient (Wildman–Crippen LogP) is 4.57. The quantitative estimate of drug-likeness (QED) is 0.546. The number of rotatable bonds is 7. The lowest BCUT2D eigenvalue weighted by Crippen LogP contribution is -2.10. The van der Waals surface area contributed by atoms with Gasteiger partial charge in [-0.25, -0.2) is 4.79 Å². The first-order valence-corrected chi connectivity index (χ1v) is 9.77. The number of aromatic nitrogens is 3. The summed E-state index contributed by atoms with van der Waals surface area (Å²) in [5.41, 5.74) is 0.644. The lowest BCUT2D eigenvalue weighted by molar-refractivity contribution is -0.139. The summed E-state index contributed by atoms with van der Waals surface area (Å²) in [6.07, 6.45) is -4.38. The minimum atomic E-state index is -4.38. The van der Waals surface area contributed by atoms with Gasteiger partial charge in [0.25, 0.3) is 0 Å². The van der Waals surface area contributed by atoms with Gasteiger partial charge in [-0.05, 0) is 42.8 Å². The summed E-state index contributed by atoms with van der Waals surface area (Å²) in [6, 6.07) is 10.2. The first kappa shape index (κ1) is 21.7. The fourth-order valence-corrected chi connectivity index (χ4v) is 3.68. The van der Waals surface area contributed by atoms with Crippen LogP contribution in [-0.2, 0) is 23.8 Å². The number of hydrogen-bond donors (Lipinski definition) is 1. The van der Waals surface area contributed by atoms with Crippen LogP contribution in [0.4, 0.5) is 13.2 Å². The van der Waals surface area contributed by atoms with E-state index in [4.69, 9.17) is 9.84 Å². The summed E-state index contributed by atoms with van der Waals surface area (Å²) in [5, 5.41) is 16.9. The van der Waals surface area contributed by atoms with Gasteiger partial charge in [0.15, 0.2) is 12.4 Å². The Morgan fingerprint density at radius 1 is 1.17 bits per heavy atom. The van der Waals surface area contributed by atoms with E-state index in [0.717, 1.165) is 22.6 Å². The highest BCUT2D eigenvalue weighted by Crippen LogP contribution is 2.31. The minimum absolute atomic E-state index is 0.404. The van der Waals surface area contributed by atoms with Crippen LogP contribution in [0.15, 0.2) is 47.4 Å². The van der Waals surface area contributed by atoms with Crippen molar-refractivity contribution in [3.05, 3.63) is 59.4 Å². The van der Waals surface area contributed by atoms with Gasteiger partial charge in [-0.15, -0.1) is 22.0 Å². The Labute approximate surface area is 174 Å². The van der Waals surface area contributed by atoms with E-state index in [2.05, 4.69) is 10.2 Å². The Kier molecular flexibility index (Phi) is 6.35. The normalized spacial score (nSPS) is 11.5. The molecule has 0 saturated heterocycles.